The summed E-state index contributed by atoms with van der Waals surface area (Å²) in [5, 5.41) is 0. The second-order valence-electron chi connectivity index (χ2n) is 6.36. The van der Waals surface area contributed by atoms with E-state index in [-0.39, 0.29) is 5.75 Å². The van der Waals surface area contributed by atoms with Gasteiger partial charge in [-0.1, -0.05) is 20.3 Å². The zero-order valence-corrected chi connectivity index (χ0v) is 15.9. The number of quaternary nitrogens is 1. The second kappa shape index (κ2) is 13.1. The molecule has 0 saturated carbocycles. The van der Waals surface area contributed by atoms with Crippen LogP contribution in [0.15, 0.2) is 0 Å². The average Bonchev–Trinajstić information content (AvgIpc) is 2.46. The zero-order valence-electron chi connectivity index (χ0n) is 15.1. The third-order valence-electron chi connectivity index (χ3n) is 3.90. The number of unbranched alkanes of at least 4 members (excludes halogenated alkanes) is 2. The smallest absolute Gasteiger partial charge is 0.264 e. The van der Waals surface area contributed by atoms with Crippen molar-refractivity contribution in [3.63, 3.8) is 0 Å². The van der Waals surface area contributed by atoms with E-state index >= 15 is 0 Å². The molecule has 0 aliphatic rings. The van der Waals surface area contributed by atoms with Gasteiger partial charge in [0.25, 0.3) is 10.1 Å². The van der Waals surface area contributed by atoms with Crippen molar-refractivity contribution in [2.24, 2.45) is 0 Å². The van der Waals surface area contributed by atoms with Gasteiger partial charge < -0.3 is 14.0 Å². The molecule has 0 spiro atoms. The fourth-order valence-electron chi connectivity index (χ4n) is 2.51. The van der Waals surface area contributed by atoms with Crippen LogP contribution in [0.3, 0.4) is 0 Å². The van der Waals surface area contributed by atoms with E-state index in [0.29, 0.717) is 26.2 Å². The van der Waals surface area contributed by atoms with Gasteiger partial charge in [-0.05, 0) is 25.7 Å². The number of hydrogen-bond acceptors (Lipinski definition) is 4. The Labute approximate surface area is 142 Å². The first-order valence-corrected chi connectivity index (χ1v) is 10.4. The highest BCUT2D eigenvalue weighted by Gasteiger charge is 2.20. The second-order valence-corrected chi connectivity index (χ2v) is 7.93. The lowest BCUT2D eigenvalue weighted by Gasteiger charge is -2.34. The first kappa shape index (κ1) is 22.8. The van der Waals surface area contributed by atoms with Crippen molar-refractivity contribution in [2.75, 3.05) is 58.9 Å². The molecule has 0 amide bonds. The lowest BCUT2D eigenvalue weighted by atomic mass is 10.2. The highest BCUT2D eigenvalue weighted by Crippen LogP contribution is 2.08. The number of likely N-dealkylation sites (N-methyl/N-ethyl adjacent to an activating group) is 1. The van der Waals surface area contributed by atoms with Gasteiger partial charge >= 0.3 is 0 Å². The Bertz CT molecular complexity index is 375. The fraction of sp³-hybridized carbons (Fsp3) is 1.00. The van der Waals surface area contributed by atoms with Gasteiger partial charge in [-0.15, -0.1) is 0 Å². The van der Waals surface area contributed by atoms with Crippen LogP contribution in [0.4, 0.5) is 0 Å². The molecule has 0 saturated heterocycles. The van der Waals surface area contributed by atoms with E-state index in [2.05, 4.69) is 20.9 Å². The van der Waals surface area contributed by atoms with Crippen molar-refractivity contribution in [2.45, 2.75) is 46.0 Å². The molecule has 7 heteroatoms. The van der Waals surface area contributed by atoms with Crippen LogP contribution in [0, 0.1) is 0 Å². The van der Waals surface area contributed by atoms with Crippen LogP contribution in [0.2, 0.25) is 0 Å². The summed E-state index contributed by atoms with van der Waals surface area (Å²) < 4.78 is 42.2. The summed E-state index contributed by atoms with van der Waals surface area (Å²) in [7, 11) is -1.66. The molecule has 6 nitrogen and oxygen atoms in total. The Hall–Kier alpha value is -0.210. The predicted molar refractivity (Wildman–Crippen MR) is 93.3 cm³/mol. The Morgan fingerprint density at radius 1 is 0.826 bits per heavy atom. The van der Waals surface area contributed by atoms with Crippen LogP contribution >= 0.6 is 0 Å². The van der Waals surface area contributed by atoms with Crippen molar-refractivity contribution < 1.29 is 26.9 Å². The summed E-state index contributed by atoms with van der Waals surface area (Å²) in [6, 6.07) is 0. The van der Waals surface area contributed by atoms with Gasteiger partial charge in [-0.3, -0.25) is 4.55 Å². The number of nitrogens with zero attached hydrogens (tertiary/aromatic N) is 1. The maximum absolute atomic E-state index is 10.7. The van der Waals surface area contributed by atoms with Gasteiger partial charge in [0.1, 0.15) is 6.54 Å². The van der Waals surface area contributed by atoms with Crippen molar-refractivity contribution in [3.05, 3.63) is 0 Å². The normalized spacial score (nSPS) is 14.8. The van der Waals surface area contributed by atoms with E-state index in [9.17, 15) is 8.42 Å². The highest BCUT2D eigenvalue weighted by atomic mass is 32.2. The van der Waals surface area contributed by atoms with Crippen molar-refractivity contribution in [1.82, 2.24) is 0 Å². The predicted octanol–water partition coefficient (Wildman–Crippen LogP) is 2.34. The molecule has 0 rings (SSSR count). The third-order valence-corrected chi connectivity index (χ3v) is 4.71. The first-order valence-electron chi connectivity index (χ1n) is 8.77. The van der Waals surface area contributed by atoms with Crippen LogP contribution in [0.25, 0.3) is 0 Å². The number of hydrogen-bond donors (Lipinski definition) is 1. The molecule has 0 aliphatic carbocycles. The molecule has 23 heavy (non-hydrogen) atoms. The summed E-state index contributed by atoms with van der Waals surface area (Å²) in [5.41, 5.74) is 0. The van der Waals surface area contributed by atoms with Crippen LogP contribution in [0.5, 0.6) is 0 Å². The molecule has 1 atom stereocenters. The Kier molecular flexibility index (Phi) is 13.0. The summed E-state index contributed by atoms with van der Waals surface area (Å²) in [6.45, 7) is 9.91. The molecular formula is C16H36NO5S+. The Morgan fingerprint density at radius 3 is 2.04 bits per heavy atom. The van der Waals surface area contributed by atoms with Gasteiger partial charge in [-0.25, -0.2) is 0 Å². The van der Waals surface area contributed by atoms with Crippen LogP contribution in [-0.2, 0) is 19.6 Å². The largest absolute Gasteiger partial charge is 0.379 e. The summed E-state index contributed by atoms with van der Waals surface area (Å²) in [6.07, 6.45) is 4.61. The molecule has 0 heterocycles. The van der Waals surface area contributed by atoms with E-state index < -0.39 is 10.1 Å². The maximum atomic E-state index is 10.7. The third kappa shape index (κ3) is 15.1. The maximum Gasteiger partial charge on any atom is 0.264 e. The highest BCUT2D eigenvalue weighted by molar-refractivity contribution is 7.85. The molecule has 0 fully saturated rings. The standard InChI is InChI=1S/C16H35NO5S/c1-4-6-12-21-14-15-22-13-11-17(3,9-5-2)10-7-8-16-23(18,19)20/h4-16H2,1-3H3/p+1. The van der Waals surface area contributed by atoms with Crippen molar-refractivity contribution >= 4 is 10.1 Å². The van der Waals surface area contributed by atoms with Gasteiger partial charge in [0, 0.05) is 6.61 Å². The minimum Gasteiger partial charge on any atom is -0.379 e. The summed E-state index contributed by atoms with van der Waals surface area (Å²) >= 11 is 0. The molecule has 0 bridgehead atoms. The molecule has 140 valence electrons. The van der Waals surface area contributed by atoms with Gasteiger partial charge in [0.05, 0.1) is 45.7 Å². The van der Waals surface area contributed by atoms with Crippen molar-refractivity contribution in [3.8, 4) is 0 Å². The van der Waals surface area contributed by atoms with E-state index in [0.717, 1.165) is 56.4 Å². The van der Waals surface area contributed by atoms with Gasteiger partial charge in [0.2, 0.25) is 0 Å². The molecule has 0 aromatic carbocycles. The lowest BCUT2D eigenvalue weighted by molar-refractivity contribution is -0.910. The van der Waals surface area contributed by atoms with Crippen LogP contribution < -0.4 is 0 Å². The number of rotatable bonds is 16. The summed E-state index contributed by atoms with van der Waals surface area (Å²) in [4.78, 5) is 0. The van der Waals surface area contributed by atoms with Gasteiger partial charge in [0.15, 0.2) is 0 Å². The molecule has 0 radical (unpaired) electrons. The van der Waals surface area contributed by atoms with Crippen LogP contribution in [0.1, 0.15) is 46.0 Å². The Balaban J connectivity index is 3.85. The molecule has 1 unspecified atom stereocenters. The van der Waals surface area contributed by atoms with E-state index in [4.69, 9.17) is 14.0 Å². The van der Waals surface area contributed by atoms with Crippen molar-refractivity contribution in [1.29, 1.82) is 0 Å². The topological polar surface area (TPSA) is 72.8 Å². The summed E-state index contributed by atoms with van der Waals surface area (Å²) in [5.74, 6) is -0.148. The van der Waals surface area contributed by atoms with E-state index in [1.807, 2.05) is 0 Å². The molecule has 0 aromatic heterocycles. The van der Waals surface area contributed by atoms with E-state index in [1.165, 1.54) is 0 Å². The SMILES string of the molecule is CCCCOCCOCC[N+](C)(CCC)CCCCS(=O)(=O)O. The number of ether oxygens (including phenoxy) is 2. The minimum absolute atomic E-state index is 0.148. The molecule has 1 N–H and O–H groups in total. The lowest BCUT2D eigenvalue weighted by Crippen LogP contribution is -2.47. The Morgan fingerprint density at radius 2 is 1.48 bits per heavy atom. The zero-order chi connectivity index (χ0) is 17.6. The fourth-order valence-corrected chi connectivity index (χ4v) is 3.08. The van der Waals surface area contributed by atoms with Crippen LogP contribution in [-0.4, -0.2) is 76.3 Å². The van der Waals surface area contributed by atoms with E-state index in [1.54, 1.807) is 0 Å². The van der Waals surface area contributed by atoms with Gasteiger partial charge in [-0.2, -0.15) is 8.42 Å². The molecule has 0 aliphatic heterocycles. The first-order chi connectivity index (χ1) is 10.8. The monoisotopic (exact) mass is 354 g/mol. The average molecular weight is 355 g/mol. The quantitative estimate of drug-likeness (QED) is 0.262. The molecule has 0 aromatic rings. The minimum atomic E-state index is -3.83. The molecular weight excluding hydrogens is 318 g/mol.